The first kappa shape index (κ1) is 12.8. The molecule has 1 aromatic carbocycles. The van der Waals surface area contributed by atoms with E-state index in [-0.39, 0.29) is 12.8 Å². The van der Waals surface area contributed by atoms with Crippen LogP contribution in [0.2, 0.25) is 0 Å². The predicted octanol–water partition coefficient (Wildman–Crippen LogP) is 2.48. The predicted molar refractivity (Wildman–Crippen MR) is 76.0 cm³/mol. The maximum Gasteiger partial charge on any atom is 0.315 e. The van der Waals surface area contributed by atoms with Gasteiger partial charge in [0, 0.05) is 11.4 Å². The smallest absolute Gasteiger partial charge is 0.315 e. The Labute approximate surface area is 120 Å². The highest BCUT2D eigenvalue weighted by Crippen LogP contribution is 2.32. The molecule has 2 amide bonds. The molecular weight excluding hydrogens is 276 g/mol. The lowest BCUT2D eigenvalue weighted by atomic mass is 10.2. The number of hydrogen-bond acceptors (Lipinski definition) is 4. The molecule has 3 rings (SSSR count). The van der Waals surface area contributed by atoms with Gasteiger partial charge in [-0.25, -0.2) is 4.79 Å². The number of carbonyl (C=O) groups is 1. The summed E-state index contributed by atoms with van der Waals surface area (Å²) in [4.78, 5) is 12.8. The Balaban J connectivity index is 1.48. The maximum absolute atomic E-state index is 11.7. The molecule has 0 radical (unpaired) electrons. The van der Waals surface area contributed by atoms with Crippen LogP contribution in [0, 0.1) is 0 Å². The van der Waals surface area contributed by atoms with E-state index in [2.05, 4.69) is 10.6 Å². The standard InChI is InChI=1S/C14H14N2O3S/c17-14(16-8-11-2-1-5-20-11)15-7-10-3-4-12-13(6-10)19-9-18-12/h1-6H,7-9H2,(H2,15,16,17). The summed E-state index contributed by atoms with van der Waals surface area (Å²) in [5.41, 5.74) is 0.973. The minimum Gasteiger partial charge on any atom is -0.454 e. The van der Waals surface area contributed by atoms with E-state index in [0.717, 1.165) is 21.9 Å². The molecule has 0 unspecified atom stereocenters. The first-order valence-corrected chi connectivity index (χ1v) is 7.12. The maximum atomic E-state index is 11.7. The fourth-order valence-electron chi connectivity index (χ4n) is 1.88. The number of fused-ring (bicyclic) bond motifs is 1. The Morgan fingerprint density at radius 2 is 2.00 bits per heavy atom. The van der Waals surface area contributed by atoms with Crippen LogP contribution in [0.4, 0.5) is 4.79 Å². The number of ether oxygens (including phenoxy) is 2. The average Bonchev–Trinajstić information content (AvgIpc) is 3.13. The Hall–Kier alpha value is -2.21. The largest absolute Gasteiger partial charge is 0.454 e. The molecule has 1 aliphatic rings. The van der Waals surface area contributed by atoms with Crippen molar-refractivity contribution in [1.82, 2.24) is 10.6 Å². The zero-order valence-corrected chi connectivity index (χ0v) is 11.5. The lowest BCUT2D eigenvalue weighted by molar-refractivity contribution is 0.174. The van der Waals surface area contributed by atoms with Gasteiger partial charge in [-0.15, -0.1) is 11.3 Å². The molecule has 1 aromatic heterocycles. The second-order valence-electron chi connectivity index (χ2n) is 4.30. The number of carbonyl (C=O) groups excluding carboxylic acids is 1. The van der Waals surface area contributed by atoms with Crippen LogP contribution in [0.15, 0.2) is 35.7 Å². The fourth-order valence-corrected chi connectivity index (χ4v) is 2.52. The molecule has 2 N–H and O–H groups in total. The highest BCUT2D eigenvalue weighted by Gasteiger charge is 2.13. The van der Waals surface area contributed by atoms with E-state index in [0.29, 0.717) is 13.1 Å². The zero-order valence-electron chi connectivity index (χ0n) is 10.7. The lowest BCUT2D eigenvalue weighted by Gasteiger charge is -2.07. The Morgan fingerprint density at radius 1 is 1.15 bits per heavy atom. The fraction of sp³-hybridized carbons (Fsp3) is 0.214. The third-order valence-corrected chi connectivity index (χ3v) is 3.77. The normalized spacial score (nSPS) is 12.2. The van der Waals surface area contributed by atoms with Gasteiger partial charge >= 0.3 is 6.03 Å². The second-order valence-corrected chi connectivity index (χ2v) is 5.34. The van der Waals surface area contributed by atoms with Gasteiger partial charge < -0.3 is 20.1 Å². The summed E-state index contributed by atoms with van der Waals surface area (Å²) >= 11 is 1.62. The van der Waals surface area contributed by atoms with Crippen LogP contribution < -0.4 is 20.1 Å². The molecular formula is C14H14N2O3S. The first-order chi connectivity index (χ1) is 9.81. The summed E-state index contributed by atoms with van der Waals surface area (Å²) in [6.07, 6.45) is 0. The summed E-state index contributed by atoms with van der Waals surface area (Å²) in [6, 6.07) is 9.41. The van der Waals surface area contributed by atoms with Crippen molar-refractivity contribution >= 4 is 17.4 Å². The van der Waals surface area contributed by atoms with Crippen LogP contribution >= 0.6 is 11.3 Å². The van der Waals surface area contributed by atoms with E-state index >= 15 is 0 Å². The van der Waals surface area contributed by atoms with Crippen molar-refractivity contribution in [3.05, 3.63) is 46.2 Å². The number of rotatable bonds is 4. The third kappa shape index (κ3) is 3.03. The van der Waals surface area contributed by atoms with Gasteiger partial charge in [-0.1, -0.05) is 12.1 Å². The third-order valence-electron chi connectivity index (χ3n) is 2.89. The number of nitrogens with one attached hydrogen (secondary N) is 2. The minimum atomic E-state index is -0.184. The van der Waals surface area contributed by atoms with E-state index < -0.39 is 0 Å². The van der Waals surface area contributed by atoms with Gasteiger partial charge in [0.25, 0.3) is 0 Å². The van der Waals surface area contributed by atoms with E-state index in [4.69, 9.17) is 9.47 Å². The van der Waals surface area contributed by atoms with Crippen molar-refractivity contribution in [2.24, 2.45) is 0 Å². The van der Waals surface area contributed by atoms with Gasteiger partial charge in [-0.2, -0.15) is 0 Å². The van der Waals surface area contributed by atoms with Crippen LogP contribution in [-0.4, -0.2) is 12.8 Å². The summed E-state index contributed by atoms with van der Waals surface area (Å²) < 4.78 is 10.5. The second kappa shape index (κ2) is 5.83. The number of urea groups is 1. The van der Waals surface area contributed by atoms with Crippen LogP contribution in [0.1, 0.15) is 10.4 Å². The van der Waals surface area contributed by atoms with Crippen molar-refractivity contribution in [2.45, 2.75) is 13.1 Å². The molecule has 2 aromatic rings. The van der Waals surface area contributed by atoms with Crippen molar-refractivity contribution in [2.75, 3.05) is 6.79 Å². The van der Waals surface area contributed by atoms with E-state index in [9.17, 15) is 4.79 Å². The molecule has 104 valence electrons. The number of thiophene rings is 1. The average molecular weight is 290 g/mol. The first-order valence-electron chi connectivity index (χ1n) is 6.24. The highest BCUT2D eigenvalue weighted by molar-refractivity contribution is 7.09. The molecule has 0 saturated heterocycles. The molecule has 0 aliphatic carbocycles. The number of benzene rings is 1. The molecule has 5 nitrogen and oxygen atoms in total. The van der Waals surface area contributed by atoms with Gasteiger partial charge in [0.05, 0.1) is 6.54 Å². The van der Waals surface area contributed by atoms with E-state index in [1.165, 1.54) is 0 Å². The zero-order chi connectivity index (χ0) is 13.8. The van der Waals surface area contributed by atoms with Gasteiger partial charge in [-0.3, -0.25) is 0 Å². The SMILES string of the molecule is O=C(NCc1ccc2c(c1)OCO2)NCc1cccs1. The molecule has 0 bridgehead atoms. The molecule has 1 aliphatic heterocycles. The molecule has 0 atom stereocenters. The topological polar surface area (TPSA) is 59.6 Å². The minimum absolute atomic E-state index is 0.184. The molecule has 6 heteroatoms. The van der Waals surface area contributed by atoms with Gasteiger partial charge in [-0.05, 0) is 29.1 Å². The Bertz CT molecular complexity index is 598. The van der Waals surface area contributed by atoms with Crippen LogP contribution in [0.5, 0.6) is 11.5 Å². The molecule has 0 fully saturated rings. The van der Waals surface area contributed by atoms with Gasteiger partial charge in [0.15, 0.2) is 11.5 Å². The number of amides is 2. The van der Waals surface area contributed by atoms with Gasteiger partial charge in [0.2, 0.25) is 6.79 Å². The van der Waals surface area contributed by atoms with E-state index in [1.54, 1.807) is 11.3 Å². The summed E-state index contributed by atoms with van der Waals surface area (Å²) in [7, 11) is 0. The molecule has 0 saturated carbocycles. The van der Waals surface area contributed by atoms with Crippen LogP contribution in [0.25, 0.3) is 0 Å². The van der Waals surface area contributed by atoms with Crippen molar-refractivity contribution < 1.29 is 14.3 Å². The Morgan fingerprint density at radius 3 is 2.85 bits per heavy atom. The summed E-state index contributed by atoms with van der Waals surface area (Å²) in [6.45, 7) is 1.26. The van der Waals surface area contributed by atoms with Crippen LogP contribution in [0.3, 0.4) is 0 Å². The Kier molecular flexibility index (Phi) is 3.73. The quantitative estimate of drug-likeness (QED) is 0.909. The molecule has 0 spiro atoms. The number of hydrogen-bond donors (Lipinski definition) is 2. The summed E-state index contributed by atoms with van der Waals surface area (Å²) in [5, 5.41) is 7.61. The summed E-state index contributed by atoms with van der Waals surface area (Å²) in [5.74, 6) is 1.47. The lowest BCUT2D eigenvalue weighted by Crippen LogP contribution is -2.34. The molecule has 2 heterocycles. The van der Waals surface area contributed by atoms with Crippen molar-refractivity contribution in [3.63, 3.8) is 0 Å². The van der Waals surface area contributed by atoms with Crippen LogP contribution in [-0.2, 0) is 13.1 Å². The van der Waals surface area contributed by atoms with E-state index in [1.807, 2.05) is 35.7 Å². The van der Waals surface area contributed by atoms with Crippen molar-refractivity contribution in [1.29, 1.82) is 0 Å². The molecule has 20 heavy (non-hydrogen) atoms. The highest BCUT2D eigenvalue weighted by atomic mass is 32.1. The monoisotopic (exact) mass is 290 g/mol. The van der Waals surface area contributed by atoms with Gasteiger partial charge in [0.1, 0.15) is 0 Å². The van der Waals surface area contributed by atoms with Crippen molar-refractivity contribution in [3.8, 4) is 11.5 Å².